The van der Waals surface area contributed by atoms with Crippen LogP contribution < -0.4 is 15.7 Å². The first-order chi connectivity index (χ1) is 15.2. The molecule has 9 heteroatoms. The largest absolute Gasteiger partial charge is 0.497 e. The van der Waals surface area contributed by atoms with E-state index in [9.17, 15) is 18.0 Å². The third-order valence-corrected chi connectivity index (χ3v) is 7.13. The van der Waals surface area contributed by atoms with Gasteiger partial charge in [-0.05, 0) is 48.5 Å². The fraction of sp³-hybridized carbons (Fsp3) is 0.130. The van der Waals surface area contributed by atoms with Gasteiger partial charge in [-0.25, -0.2) is 13.2 Å². The van der Waals surface area contributed by atoms with Crippen LogP contribution >= 0.6 is 0 Å². The molecule has 8 nitrogen and oxygen atoms in total. The lowest BCUT2D eigenvalue weighted by Crippen LogP contribution is -2.19. The predicted molar refractivity (Wildman–Crippen MR) is 121 cm³/mol. The molecule has 0 atom stereocenters. The Kier molecular flexibility index (Phi) is 5.35. The summed E-state index contributed by atoms with van der Waals surface area (Å²) in [7, 11) is 0.616. The van der Waals surface area contributed by atoms with E-state index in [2.05, 4.69) is 5.32 Å². The van der Waals surface area contributed by atoms with Crippen molar-refractivity contribution in [2.45, 2.75) is 9.79 Å². The number of imidazole rings is 1. The molecule has 1 heterocycles. The van der Waals surface area contributed by atoms with Gasteiger partial charge in [0, 0.05) is 19.7 Å². The lowest BCUT2D eigenvalue weighted by atomic mass is 10.2. The number of sulfone groups is 1. The lowest BCUT2D eigenvalue weighted by Gasteiger charge is -2.14. The van der Waals surface area contributed by atoms with Gasteiger partial charge in [0.05, 0.1) is 33.6 Å². The Morgan fingerprint density at radius 1 is 0.906 bits per heavy atom. The number of aromatic nitrogens is 2. The molecule has 164 valence electrons. The predicted octanol–water partition coefficient (Wildman–Crippen LogP) is 2.97. The minimum atomic E-state index is -4.03. The van der Waals surface area contributed by atoms with E-state index < -0.39 is 15.7 Å². The van der Waals surface area contributed by atoms with E-state index in [1.54, 1.807) is 56.6 Å². The van der Waals surface area contributed by atoms with Crippen molar-refractivity contribution in [1.29, 1.82) is 0 Å². The highest BCUT2D eigenvalue weighted by molar-refractivity contribution is 7.91. The van der Waals surface area contributed by atoms with Crippen LogP contribution in [0.4, 0.5) is 5.69 Å². The highest BCUT2D eigenvalue weighted by Crippen LogP contribution is 2.32. The number of ether oxygens (including phenoxy) is 1. The lowest BCUT2D eigenvalue weighted by molar-refractivity contribution is 0.102. The van der Waals surface area contributed by atoms with Crippen LogP contribution in [-0.4, -0.2) is 30.6 Å². The Morgan fingerprint density at radius 2 is 1.50 bits per heavy atom. The first-order valence-corrected chi connectivity index (χ1v) is 11.2. The molecule has 0 saturated heterocycles. The number of carbonyl (C=O) groups is 1. The number of nitrogens with one attached hydrogen (secondary N) is 1. The van der Waals surface area contributed by atoms with Crippen molar-refractivity contribution in [2.24, 2.45) is 14.1 Å². The molecule has 4 rings (SSSR count). The van der Waals surface area contributed by atoms with Gasteiger partial charge in [0.1, 0.15) is 5.75 Å². The third-order valence-electron chi connectivity index (χ3n) is 5.32. The molecular weight excluding hydrogens is 430 g/mol. The summed E-state index contributed by atoms with van der Waals surface area (Å²) in [6, 6.07) is 17.4. The molecule has 0 unspecified atom stereocenters. The zero-order valence-corrected chi connectivity index (χ0v) is 18.5. The van der Waals surface area contributed by atoms with Crippen LogP contribution in [0.1, 0.15) is 10.4 Å². The molecule has 1 aromatic heterocycles. The van der Waals surface area contributed by atoms with E-state index in [4.69, 9.17) is 4.74 Å². The topological polar surface area (TPSA) is 99.4 Å². The Balaban J connectivity index is 1.92. The molecule has 1 amide bonds. The number of amides is 1. The molecular formula is C23H21N3O5S. The SMILES string of the molecule is COc1ccc(S(=O)(=O)c2cc3c(cc2NC(=O)c2ccccc2)n(C)c(=O)n3C)cc1. The van der Waals surface area contributed by atoms with Crippen LogP contribution in [0.15, 0.2) is 81.3 Å². The van der Waals surface area contributed by atoms with Crippen molar-refractivity contribution in [3.05, 3.63) is 82.8 Å². The van der Waals surface area contributed by atoms with E-state index >= 15 is 0 Å². The maximum Gasteiger partial charge on any atom is 0.328 e. The van der Waals surface area contributed by atoms with E-state index in [1.807, 2.05) is 0 Å². The van der Waals surface area contributed by atoms with Gasteiger partial charge in [-0.1, -0.05) is 18.2 Å². The van der Waals surface area contributed by atoms with E-state index in [1.165, 1.54) is 40.5 Å². The van der Waals surface area contributed by atoms with Crippen molar-refractivity contribution < 1.29 is 17.9 Å². The number of aryl methyl sites for hydroxylation is 2. The minimum Gasteiger partial charge on any atom is -0.497 e. The number of hydrogen-bond donors (Lipinski definition) is 1. The number of rotatable bonds is 5. The van der Waals surface area contributed by atoms with Crippen molar-refractivity contribution in [2.75, 3.05) is 12.4 Å². The van der Waals surface area contributed by atoms with Crippen LogP contribution in [0.3, 0.4) is 0 Å². The summed E-state index contributed by atoms with van der Waals surface area (Å²) in [5.41, 5.74) is 1.09. The summed E-state index contributed by atoms with van der Waals surface area (Å²) in [4.78, 5) is 25.2. The Hall–Kier alpha value is -3.85. The first kappa shape index (κ1) is 21.4. The molecule has 0 radical (unpaired) electrons. The fourth-order valence-electron chi connectivity index (χ4n) is 3.51. The van der Waals surface area contributed by atoms with Gasteiger partial charge in [-0.3, -0.25) is 13.9 Å². The summed E-state index contributed by atoms with van der Waals surface area (Å²) in [5, 5.41) is 2.71. The summed E-state index contributed by atoms with van der Waals surface area (Å²) >= 11 is 0. The van der Waals surface area contributed by atoms with Gasteiger partial charge in [-0.15, -0.1) is 0 Å². The fourth-order valence-corrected chi connectivity index (χ4v) is 4.93. The Morgan fingerprint density at radius 3 is 2.09 bits per heavy atom. The monoisotopic (exact) mass is 451 g/mol. The van der Waals surface area contributed by atoms with Crippen molar-refractivity contribution in [1.82, 2.24) is 9.13 Å². The molecule has 0 aliphatic carbocycles. The molecule has 0 aliphatic heterocycles. The highest BCUT2D eigenvalue weighted by atomic mass is 32.2. The van der Waals surface area contributed by atoms with Crippen LogP contribution in [-0.2, 0) is 23.9 Å². The number of carbonyl (C=O) groups excluding carboxylic acids is 1. The van der Waals surface area contributed by atoms with Crippen LogP contribution in [0.25, 0.3) is 11.0 Å². The minimum absolute atomic E-state index is 0.0359. The van der Waals surface area contributed by atoms with Crippen LogP contribution in [0, 0.1) is 0 Å². The summed E-state index contributed by atoms with van der Waals surface area (Å²) in [6.45, 7) is 0. The number of fused-ring (bicyclic) bond motifs is 1. The average molecular weight is 452 g/mol. The number of hydrogen-bond acceptors (Lipinski definition) is 5. The second-order valence-electron chi connectivity index (χ2n) is 7.24. The van der Waals surface area contributed by atoms with E-state index in [0.29, 0.717) is 22.3 Å². The van der Waals surface area contributed by atoms with Gasteiger partial charge < -0.3 is 10.1 Å². The molecule has 0 spiro atoms. The van der Waals surface area contributed by atoms with Gasteiger partial charge in [-0.2, -0.15) is 0 Å². The van der Waals surface area contributed by atoms with E-state index in [-0.39, 0.29) is 21.2 Å². The van der Waals surface area contributed by atoms with Crippen molar-refractivity contribution >= 4 is 32.5 Å². The molecule has 0 saturated carbocycles. The van der Waals surface area contributed by atoms with Crippen LogP contribution in [0.5, 0.6) is 5.75 Å². The summed E-state index contributed by atoms with van der Waals surface area (Å²) < 4.78 is 34.9. The number of anilines is 1. The van der Waals surface area contributed by atoms with Gasteiger partial charge in [0.25, 0.3) is 5.91 Å². The van der Waals surface area contributed by atoms with Crippen LogP contribution in [0.2, 0.25) is 0 Å². The Labute approximate surface area is 184 Å². The zero-order valence-electron chi connectivity index (χ0n) is 17.7. The van der Waals surface area contributed by atoms with E-state index in [0.717, 1.165) is 0 Å². The normalized spacial score (nSPS) is 11.5. The number of nitrogens with zero attached hydrogens (tertiary/aromatic N) is 2. The molecule has 32 heavy (non-hydrogen) atoms. The van der Waals surface area contributed by atoms with Gasteiger partial charge in [0.2, 0.25) is 9.84 Å². The second kappa shape index (κ2) is 8.01. The third kappa shape index (κ3) is 3.56. The summed E-state index contributed by atoms with van der Waals surface area (Å²) in [5.74, 6) is 0.0551. The van der Waals surface area contributed by atoms with Crippen molar-refractivity contribution in [3.8, 4) is 5.75 Å². The quantitative estimate of drug-likeness (QED) is 0.503. The Bertz CT molecular complexity index is 1480. The molecule has 4 aromatic rings. The zero-order chi connectivity index (χ0) is 23.0. The number of benzene rings is 3. The molecule has 0 bridgehead atoms. The highest BCUT2D eigenvalue weighted by Gasteiger charge is 2.25. The molecule has 0 fully saturated rings. The summed E-state index contributed by atoms with van der Waals surface area (Å²) in [6.07, 6.45) is 0. The maximum absolute atomic E-state index is 13.5. The standard InChI is InChI=1S/C23H21N3O5S/c1-25-19-13-18(24-22(27)15-7-5-4-6-8-15)21(14-20(19)26(2)23(25)28)32(29,30)17-11-9-16(31-3)10-12-17/h4-14H,1-3H3,(H,24,27). The maximum atomic E-state index is 13.5. The number of methoxy groups -OCH3 is 1. The smallest absolute Gasteiger partial charge is 0.328 e. The van der Waals surface area contributed by atoms with Gasteiger partial charge in [0.15, 0.2) is 0 Å². The molecule has 1 N–H and O–H groups in total. The average Bonchev–Trinajstić information content (AvgIpc) is 3.02. The van der Waals surface area contributed by atoms with Gasteiger partial charge >= 0.3 is 5.69 Å². The molecule has 0 aliphatic rings. The molecule has 3 aromatic carbocycles. The second-order valence-corrected chi connectivity index (χ2v) is 9.15. The van der Waals surface area contributed by atoms with Crippen molar-refractivity contribution in [3.63, 3.8) is 0 Å². The first-order valence-electron chi connectivity index (χ1n) is 9.69.